The van der Waals surface area contributed by atoms with Crippen molar-refractivity contribution in [3.63, 3.8) is 0 Å². The molecule has 1 aliphatic rings. The molecule has 3 N–H and O–H groups in total. The summed E-state index contributed by atoms with van der Waals surface area (Å²) in [6.07, 6.45) is 2.20. The van der Waals surface area contributed by atoms with E-state index in [0.717, 1.165) is 38.6 Å². The summed E-state index contributed by atoms with van der Waals surface area (Å²) in [5, 5.41) is 7.00. The third-order valence-corrected chi connectivity index (χ3v) is 4.56. The normalized spacial score (nSPS) is 12.8. The van der Waals surface area contributed by atoms with Crippen molar-refractivity contribution in [1.82, 2.24) is 9.97 Å². The van der Waals surface area contributed by atoms with Gasteiger partial charge in [-0.05, 0) is 61.4 Å². The molecule has 1 amide bonds. The fraction of sp³-hybridized carbons (Fsp3) is 0.227. The Labute approximate surface area is 174 Å². The molecule has 1 saturated heterocycles. The summed E-state index contributed by atoms with van der Waals surface area (Å²) in [6.45, 7) is 1.80. The van der Waals surface area contributed by atoms with Crippen LogP contribution in [0.3, 0.4) is 0 Å². The lowest BCUT2D eigenvalue weighted by Gasteiger charge is -2.17. The Kier molecular flexibility index (Phi) is 6.92. The van der Waals surface area contributed by atoms with E-state index in [0.29, 0.717) is 23.1 Å². The van der Waals surface area contributed by atoms with Crippen molar-refractivity contribution in [3.8, 4) is 22.9 Å². The van der Waals surface area contributed by atoms with Crippen molar-refractivity contribution in [2.24, 2.45) is 5.73 Å². The minimum Gasteiger partial charge on any atom is -0.457 e. The molecular weight excluding hydrogens is 387 g/mol. The standard InChI is InChI=1S/C21H19FN4O2.CH4O/c22-15-5-9-17(10-6-15)28-16-7-3-14(4-8-16)21-24-18(20(23)27)13-19(25-21)26-11-1-2-12-26;1-2/h3-10,13H,1-2,11-12H2,(H2,23,27);2H,1H3. The number of hydrogen-bond acceptors (Lipinski definition) is 6. The highest BCUT2D eigenvalue weighted by Gasteiger charge is 2.18. The number of halogens is 1. The van der Waals surface area contributed by atoms with Crippen LogP contribution >= 0.6 is 0 Å². The van der Waals surface area contributed by atoms with Gasteiger partial charge in [0.15, 0.2) is 5.82 Å². The second kappa shape index (κ2) is 9.80. The number of nitrogens with zero attached hydrogens (tertiary/aromatic N) is 3. The molecule has 1 aromatic heterocycles. The molecule has 0 spiro atoms. The van der Waals surface area contributed by atoms with E-state index >= 15 is 0 Å². The number of amides is 1. The monoisotopic (exact) mass is 410 g/mol. The van der Waals surface area contributed by atoms with Crippen LogP contribution in [0.5, 0.6) is 11.5 Å². The molecule has 1 aliphatic heterocycles. The average Bonchev–Trinajstić information content (AvgIpc) is 3.32. The van der Waals surface area contributed by atoms with E-state index in [1.807, 2.05) is 12.1 Å². The molecule has 0 atom stereocenters. The number of hydrogen-bond donors (Lipinski definition) is 2. The van der Waals surface area contributed by atoms with E-state index in [4.69, 9.17) is 15.6 Å². The quantitative estimate of drug-likeness (QED) is 0.669. The van der Waals surface area contributed by atoms with Crippen LogP contribution in [0, 0.1) is 5.82 Å². The SMILES string of the molecule is CO.NC(=O)c1cc(N2CCCC2)nc(-c2ccc(Oc3ccc(F)cc3)cc2)n1. The van der Waals surface area contributed by atoms with Crippen LogP contribution in [0.15, 0.2) is 54.6 Å². The van der Waals surface area contributed by atoms with Crippen LogP contribution in [0.4, 0.5) is 10.2 Å². The summed E-state index contributed by atoms with van der Waals surface area (Å²) in [5.74, 6) is 1.39. The van der Waals surface area contributed by atoms with Crippen molar-refractivity contribution in [2.75, 3.05) is 25.1 Å². The van der Waals surface area contributed by atoms with Crippen molar-refractivity contribution in [3.05, 3.63) is 66.1 Å². The van der Waals surface area contributed by atoms with E-state index in [2.05, 4.69) is 14.9 Å². The molecule has 0 radical (unpaired) electrons. The Bertz CT molecular complexity index is 988. The van der Waals surface area contributed by atoms with Gasteiger partial charge in [0.1, 0.15) is 28.8 Å². The first kappa shape index (κ1) is 21.2. The zero-order chi connectivity index (χ0) is 21.5. The molecule has 0 bridgehead atoms. The number of carbonyl (C=O) groups is 1. The van der Waals surface area contributed by atoms with Gasteiger partial charge < -0.3 is 20.5 Å². The maximum atomic E-state index is 13.0. The summed E-state index contributed by atoms with van der Waals surface area (Å²) in [5.41, 5.74) is 6.39. The van der Waals surface area contributed by atoms with E-state index in [1.54, 1.807) is 30.3 Å². The number of ether oxygens (including phenoxy) is 1. The number of anilines is 1. The summed E-state index contributed by atoms with van der Waals surface area (Å²) >= 11 is 0. The lowest BCUT2D eigenvalue weighted by Crippen LogP contribution is -2.22. The van der Waals surface area contributed by atoms with Crippen LogP contribution < -0.4 is 15.4 Å². The first-order valence-electron chi connectivity index (χ1n) is 9.51. The lowest BCUT2D eigenvalue weighted by atomic mass is 10.2. The topological polar surface area (TPSA) is 102 Å². The predicted molar refractivity (Wildman–Crippen MR) is 112 cm³/mol. The van der Waals surface area contributed by atoms with E-state index in [-0.39, 0.29) is 11.5 Å². The van der Waals surface area contributed by atoms with Gasteiger partial charge in [0.05, 0.1) is 0 Å². The highest BCUT2D eigenvalue weighted by molar-refractivity contribution is 5.92. The molecule has 0 unspecified atom stereocenters. The molecule has 1 fully saturated rings. The van der Waals surface area contributed by atoms with Gasteiger partial charge in [0, 0.05) is 31.8 Å². The Morgan fingerprint density at radius 1 is 1.00 bits per heavy atom. The van der Waals surface area contributed by atoms with E-state index in [1.165, 1.54) is 12.1 Å². The number of aliphatic hydroxyl groups is 1. The average molecular weight is 410 g/mol. The molecule has 8 heteroatoms. The second-order valence-corrected chi connectivity index (χ2v) is 6.57. The summed E-state index contributed by atoms with van der Waals surface area (Å²) in [4.78, 5) is 22.7. The molecule has 7 nitrogen and oxygen atoms in total. The second-order valence-electron chi connectivity index (χ2n) is 6.57. The van der Waals surface area contributed by atoms with Crippen molar-refractivity contribution >= 4 is 11.7 Å². The van der Waals surface area contributed by atoms with Crippen molar-refractivity contribution in [1.29, 1.82) is 0 Å². The molecule has 156 valence electrons. The van der Waals surface area contributed by atoms with Gasteiger partial charge >= 0.3 is 0 Å². The first-order valence-corrected chi connectivity index (χ1v) is 9.51. The summed E-state index contributed by atoms with van der Waals surface area (Å²) in [7, 11) is 1.00. The molecule has 2 heterocycles. The molecule has 3 aromatic rings. The maximum Gasteiger partial charge on any atom is 0.267 e. The Balaban J connectivity index is 0.00000124. The minimum atomic E-state index is -0.583. The predicted octanol–water partition coefficient (Wildman–Crippen LogP) is 3.38. The van der Waals surface area contributed by atoms with E-state index < -0.39 is 5.91 Å². The number of aliphatic hydroxyl groups excluding tert-OH is 1. The van der Waals surface area contributed by atoms with Gasteiger partial charge in [-0.15, -0.1) is 0 Å². The third kappa shape index (κ3) is 5.09. The molecular formula is C22H23FN4O3. The van der Waals surface area contributed by atoms with Gasteiger partial charge in [-0.25, -0.2) is 14.4 Å². The van der Waals surface area contributed by atoms with Gasteiger partial charge in [-0.2, -0.15) is 0 Å². The highest BCUT2D eigenvalue weighted by atomic mass is 19.1. The molecule has 0 saturated carbocycles. The van der Waals surface area contributed by atoms with Gasteiger partial charge in [-0.3, -0.25) is 4.79 Å². The van der Waals surface area contributed by atoms with Crippen LogP contribution in [-0.2, 0) is 0 Å². The number of benzene rings is 2. The first-order chi connectivity index (χ1) is 14.6. The van der Waals surface area contributed by atoms with Crippen LogP contribution in [0.25, 0.3) is 11.4 Å². The highest BCUT2D eigenvalue weighted by Crippen LogP contribution is 2.27. The Morgan fingerprint density at radius 2 is 1.57 bits per heavy atom. The number of nitrogens with two attached hydrogens (primary N) is 1. The summed E-state index contributed by atoms with van der Waals surface area (Å²) < 4.78 is 18.7. The zero-order valence-electron chi connectivity index (χ0n) is 16.6. The number of aromatic nitrogens is 2. The molecule has 0 aliphatic carbocycles. The van der Waals surface area contributed by atoms with Crippen molar-refractivity contribution in [2.45, 2.75) is 12.8 Å². The number of carbonyl (C=O) groups excluding carboxylic acids is 1. The van der Waals surface area contributed by atoms with E-state index in [9.17, 15) is 9.18 Å². The fourth-order valence-corrected chi connectivity index (χ4v) is 3.11. The molecule has 30 heavy (non-hydrogen) atoms. The lowest BCUT2D eigenvalue weighted by molar-refractivity contribution is 0.0995. The fourth-order valence-electron chi connectivity index (χ4n) is 3.11. The van der Waals surface area contributed by atoms with Gasteiger partial charge in [-0.1, -0.05) is 0 Å². The number of primary amides is 1. The maximum absolute atomic E-state index is 13.0. The van der Waals surface area contributed by atoms with Gasteiger partial charge in [0.2, 0.25) is 0 Å². The summed E-state index contributed by atoms with van der Waals surface area (Å²) in [6, 6.07) is 14.6. The number of rotatable bonds is 5. The smallest absolute Gasteiger partial charge is 0.267 e. The Hall–Kier alpha value is -3.52. The largest absolute Gasteiger partial charge is 0.457 e. The van der Waals surface area contributed by atoms with Crippen LogP contribution in [0.2, 0.25) is 0 Å². The van der Waals surface area contributed by atoms with Gasteiger partial charge in [0.25, 0.3) is 5.91 Å². The molecule has 2 aromatic carbocycles. The minimum absolute atomic E-state index is 0.193. The van der Waals surface area contributed by atoms with Crippen LogP contribution in [0.1, 0.15) is 23.3 Å². The zero-order valence-corrected chi connectivity index (χ0v) is 16.6. The third-order valence-electron chi connectivity index (χ3n) is 4.56. The molecule has 4 rings (SSSR count). The Morgan fingerprint density at radius 3 is 2.13 bits per heavy atom. The van der Waals surface area contributed by atoms with Crippen molar-refractivity contribution < 1.29 is 19.0 Å². The van der Waals surface area contributed by atoms with Crippen LogP contribution in [-0.4, -0.2) is 41.2 Å².